The van der Waals surface area contributed by atoms with Crippen LogP contribution in [0.25, 0.3) is 10.2 Å². The fourth-order valence-electron chi connectivity index (χ4n) is 3.40. The van der Waals surface area contributed by atoms with Crippen LogP contribution in [0.15, 0.2) is 76.2 Å². The van der Waals surface area contributed by atoms with Gasteiger partial charge in [-0.3, -0.25) is 4.79 Å². The van der Waals surface area contributed by atoms with E-state index < -0.39 is 0 Å². The topological polar surface area (TPSA) is 63.6 Å². The zero-order valence-corrected chi connectivity index (χ0v) is 21.3. The lowest BCUT2D eigenvalue weighted by atomic mass is 9.87. The van der Waals surface area contributed by atoms with Crippen LogP contribution in [0, 0.1) is 0 Å². The van der Waals surface area contributed by atoms with Crippen LogP contribution < -0.4 is 10.2 Å². The van der Waals surface area contributed by atoms with Gasteiger partial charge in [-0.15, -0.1) is 11.3 Å². The number of thioether (sulfide) groups is 1. The molecule has 1 heterocycles. The highest BCUT2D eigenvalue weighted by Gasteiger charge is 2.14. The van der Waals surface area contributed by atoms with Gasteiger partial charge in [-0.1, -0.05) is 56.8 Å². The minimum absolute atomic E-state index is 0.0462. The largest absolute Gasteiger partial charge is 0.496 e. The van der Waals surface area contributed by atoms with Gasteiger partial charge in [-0.25, -0.2) is 10.4 Å². The Morgan fingerprint density at radius 1 is 1.12 bits per heavy atom. The summed E-state index contributed by atoms with van der Waals surface area (Å²) < 4.78 is 7.74. The van der Waals surface area contributed by atoms with Crippen molar-refractivity contribution in [1.29, 1.82) is 0 Å². The SMILES string of the molecule is COc1ccc(/C=N\NC(=O)c2ccc(C(C)(C)C)cc2)cc1CSc1nc2ccccc2s1. The number of para-hydroxylation sites is 1. The number of carbonyl (C=O) groups is 1. The van der Waals surface area contributed by atoms with Crippen molar-refractivity contribution in [2.45, 2.75) is 36.3 Å². The second-order valence-corrected chi connectivity index (χ2v) is 11.1. The lowest BCUT2D eigenvalue weighted by molar-refractivity contribution is 0.0955. The minimum atomic E-state index is -0.239. The van der Waals surface area contributed by atoms with Gasteiger partial charge in [0.25, 0.3) is 5.91 Å². The van der Waals surface area contributed by atoms with Crippen molar-refractivity contribution in [2.75, 3.05) is 7.11 Å². The van der Waals surface area contributed by atoms with Crippen molar-refractivity contribution in [3.05, 3.63) is 89.0 Å². The molecule has 0 aliphatic carbocycles. The number of hydrogen-bond donors (Lipinski definition) is 1. The van der Waals surface area contributed by atoms with E-state index in [1.807, 2.05) is 60.7 Å². The first kappa shape index (κ1) is 24.0. The average Bonchev–Trinajstić information content (AvgIpc) is 3.25. The molecule has 7 heteroatoms. The first-order valence-electron chi connectivity index (χ1n) is 10.9. The number of amides is 1. The molecule has 0 bridgehead atoms. The van der Waals surface area contributed by atoms with Crippen LogP contribution in [0.5, 0.6) is 5.75 Å². The first-order chi connectivity index (χ1) is 16.3. The van der Waals surface area contributed by atoms with Crippen molar-refractivity contribution in [3.63, 3.8) is 0 Å². The van der Waals surface area contributed by atoms with Crippen molar-refractivity contribution < 1.29 is 9.53 Å². The molecule has 1 N–H and O–H groups in total. The Morgan fingerprint density at radius 2 is 1.88 bits per heavy atom. The summed E-state index contributed by atoms with van der Waals surface area (Å²) in [5.74, 6) is 1.29. The summed E-state index contributed by atoms with van der Waals surface area (Å²) in [4.78, 5) is 17.1. The van der Waals surface area contributed by atoms with E-state index in [-0.39, 0.29) is 11.3 Å². The second-order valence-electron chi connectivity index (χ2n) is 8.83. The summed E-state index contributed by atoms with van der Waals surface area (Å²) in [6.07, 6.45) is 1.65. The van der Waals surface area contributed by atoms with Crippen LogP contribution in [0.4, 0.5) is 0 Å². The van der Waals surface area contributed by atoms with Crippen LogP contribution in [0.1, 0.15) is 47.8 Å². The lowest BCUT2D eigenvalue weighted by Crippen LogP contribution is -2.18. The Bertz CT molecular complexity index is 1290. The number of nitrogens with zero attached hydrogens (tertiary/aromatic N) is 2. The van der Waals surface area contributed by atoms with Gasteiger partial charge < -0.3 is 4.74 Å². The molecule has 0 spiro atoms. The summed E-state index contributed by atoms with van der Waals surface area (Å²) in [5.41, 5.74) is 7.36. The molecule has 0 saturated carbocycles. The molecule has 0 saturated heterocycles. The highest BCUT2D eigenvalue weighted by atomic mass is 32.2. The zero-order valence-electron chi connectivity index (χ0n) is 19.7. The monoisotopic (exact) mass is 489 g/mol. The van der Waals surface area contributed by atoms with Crippen LogP contribution in [0.3, 0.4) is 0 Å². The van der Waals surface area contributed by atoms with Crippen molar-refractivity contribution in [2.24, 2.45) is 5.10 Å². The smallest absolute Gasteiger partial charge is 0.271 e. The second kappa shape index (κ2) is 10.4. The van der Waals surface area contributed by atoms with E-state index in [0.717, 1.165) is 32.5 Å². The molecule has 1 aromatic heterocycles. The molecule has 0 unspecified atom stereocenters. The molecule has 4 rings (SSSR count). The number of benzene rings is 3. The number of rotatable bonds is 7. The Morgan fingerprint density at radius 3 is 2.59 bits per heavy atom. The Kier molecular flexibility index (Phi) is 7.34. The molecule has 0 aliphatic rings. The molecule has 4 aromatic rings. The molecular weight excluding hydrogens is 462 g/mol. The van der Waals surface area contributed by atoms with Crippen molar-refractivity contribution in [3.8, 4) is 5.75 Å². The van der Waals surface area contributed by atoms with Gasteiger partial charge in [0.15, 0.2) is 4.34 Å². The average molecular weight is 490 g/mol. The number of aromatic nitrogens is 1. The number of ether oxygens (including phenoxy) is 1. The molecule has 0 fully saturated rings. The molecule has 0 aliphatic heterocycles. The molecule has 0 radical (unpaired) electrons. The lowest BCUT2D eigenvalue weighted by Gasteiger charge is -2.18. The van der Waals surface area contributed by atoms with E-state index >= 15 is 0 Å². The quantitative estimate of drug-likeness (QED) is 0.179. The fourth-order valence-corrected chi connectivity index (χ4v) is 5.44. The first-order valence-corrected chi connectivity index (χ1v) is 12.7. The maximum atomic E-state index is 12.4. The zero-order chi connectivity index (χ0) is 24.1. The van der Waals surface area contributed by atoms with Gasteiger partial charge in [0.2, 0.25) is 0 Å². The predicted molar refractivity (Wildman–Crippen MR) is 142 cm³/mol. The molecular formula is C27H27N3O2S2. The van der Waals surface area contributed by atoms with E-state index in [9.17, 15) is 4.79 Å². The summed E-state index contributed by atoms with van der Waals surface area (Å²) >= 11 is 3.37. The van der Waals surface area contributed by atoms with E-state index in [0.29, 0.717) is 5.56 Å². The number of nitrogens with one attached hydrogen (secondary N) is 1. The molecule has 174 valence electrons. The van der Waals surface area contributed by atoms with E-state index in [1.54, 1.807) is 36.4 Å². The third kappa shape index (κ3) is 5.85. The van der Waals surface area contributed by atoms with E-state index in [1.165, 1.54) is 10.3 Å². The van der Waals surface area contributed by atoms with Gasteiger partial charge in [-0.2, -0.15) is 5.10 Å². The normalized spacial score (nSPS) is 11.8. The fraction of sp³-hybridized carbons (Fsp3) is 0.222. The number of fused-ring (bicyclic) bond motifs is 1. The highest BCUT2D eigenvalue weighted by Crippen LogP contribution is 2.33. The van der Waals surface area contributed by atoms with E-state index in [4.69, 9.17) is 4.74 Å². The van der Waals surface area contributed by atoms with E-state index in [2.05, 4.69) is 42.3 Å². The standard InChI is InChI=1S/C27H27N3O2S2/c1-27(2,3)21-12-10-19(11-13-21)25(31)30-28-16-18-9-14-23(32-4)20(15-18)17-33-26-29-22-7-5-6-8-24(22)34-26/h5-16H,17H2,1-4H3,(H,30,31)/b28-16-. The van der Waals surface area contributed by atoms with Gasteiger partial charge in [0, 0.05) is 16.9 Å². The predicted octanol–water partition coefficient (Wildman–Crippen LogP) is 6.66. The summed E-state index contributed by atoms with van der Waals surface area (Å²) in [7, 11) is 1.67. The molecule has 0 atom stereocenters. The number of carbonyl (C=O) groups excluding carboxylic acids is 1. The van der Waals surface area contributed by atoms with Crippen LogP contribution in [-0.4, -0.2) is 24.2 Å². The number of hydrazone groups is 1. The number of thiazole rings is 1. The molecule has 5 nitrogen and oxygen atoms in total. The maximum Gasteiger partial charge on any atom is 0.271 e. The summed E-state index contributed by atoms with van der Waals surface area (Å²) in [6.45, 7) is 6.44. The van der Waals surface area contributed by atoms with Crippen LogP contribution in [0.2, 0.25) is 0 Å². The minimum Gasteiger partial charge on any atom is -0.496 e. The van der Waals surface area contributed by atoms with Crippen molar-refractivity contribution in [1.82, 2.24) is 10.4 Å². The Hall–Kier alpha value is -3.16. The maximum absolute atomic E-state index is 12.4. The Balaban J connectivity index is 1.41. The van der Waals surface area contributed by atoms with Gasteiger partial charge >= 0.3 is 0 Å². The Labute approximate surface area is 208 Å². The third-order valence-electron chi connectivity index (χ3n) is 5.32. The third-order valence-corrected chi connectivity index (χ3v) is 7.55. The molecule has 3 aromatic carbocycles. The number of methoxy groups -OCH3 is 1. The summed E-state index contributed by atoms with van der Waals surface area (Å²) in [5, 5.41) is 4.15. The number of hydrogen-bond acceptors (Lipinski definition) is 6. The van der Waals surface area contributed by atoms with Gasteiger partial charge in [0.1, 0.15) is 5.75 Å². The van der Waals surface area contributed by atoms with Crippen LogP contribution >= 0.6 is 23.1 Å². The van der Waals surface area contributed by atoms with Crippen LogP contribution in [-0.2, 0) is 11.2 Å². The molecule has 34 heavy (non-hydrogen) atoms. The highest BCUT2D eigenvalue weighted by molar-refractivity contribution is 8.00. The van der Waals surface area contributed by atoms with Gasteiger partial charge in [0.05, 0.1) is 23.5 Å². The molecule has 1 amide bonds. The van der Waals surface area contributed by atoms with Gasteiger partial charge in [-0.05, 0) is 59.0 Å². The van der Waals surface area contributed by atoms with Crippen molar-refractivity contribution >= 4 is 45.4 Å². The summed E-state index contributed by atoms with van der Waals surface area (Å²) in [6, 6.07) is 21.6.